The summed E-state index contributed by atoms with van der Waals surface area (Å²) in [6, 6.07) is -0.387. The van der Waals surface area contributed by atoms with Crippen LogP contribution in [0.3, 0.4) is 0 Å². The topological polar surface area (TPSA) is 159 Å². The van der Waals surface area contributed by atoms with Crippen molar-refractivity contribution in [2.45, 2.75) is 316 Å². The predicted octanol–water partition coefficient (Wildman–Crippen LogP) is 11.1. The highest BCUT2D eigenvalue weighted by Gasteiger charge is 2.48. The maximum atomic E-state index is 12.3. The summed E-state index contributed by atoms with van der Waals surface area (Å²) in [6.07, 6.45) is 4.01. The Labute approximate surface area is 472 Å². The van der Waals surface area contributed by atoms with E-state index in [1.165, 1.54) is 0 Å². The van der Waals surface area contributed by atoms with Gasteiger partial charge in [0.15, 0.2) is 28.9 Å². The van der Waals surface area contributed by atoms with Crippen LogP contribution in [0, 0.1) is 27.1 Å². The Kier molecular flexibility index (Phi) is 24.5. The van der Waals surface area contributed by atoms with Gasteiger partial charge in [-0.25, -0.2) is 0 Å². The minimum Gasteiger partial charge on any atom is -0.392 e. The van der Waals surface area contributed by atoms with Crippen molar-refractivity contribution in [3.63, 3.8) is 0 Å². The molecule has 5 fully saturated rings. The van der Waals surface area contributed by atoms with Crippen molar-refractivity contribution in [1.82, 2.24) is 24.5 Å². The molecule has 13 heteroatoms. The fraction of sp³-hybridized carbons (Fsp3) is 0.906. The van der Waals surface area contributed by atoms with Crippen molar-refractivity contribution in [3.05, 3.63) is 0 Å². The first-order valence-electron chi connectivity index (χ1n) is 29.3. The van der Waals surface area contributed by atoms with Crippen molar-refractivity contribution in [1.29, 1.82) is 0 Å². The van der Waals surface area contributed by atoms with E-state index in [0.717, 1.165) is 38.9 Å². The van der Waals surface area contributed by atoms with Crippen molar-refractivity contribution < 1.29 is 39.0 Å². The van der Waals surface area contributed by atoms with Crippen LogP contribution >= 0.6 is 0 Å². The Balaban J connectivity index is 0.000000482. The number of carbonyl (C=O) groups is 6. The van der Waals surface area contributed by atoms with Crippen LogP contribution in [-0.2, 0) is 28.8 Å². The van der Waals surface area contributed by atoms with Gasteiger partial charge in [0.05, 0.1) is 49.0 Å². The zero-order valence-corrected chi connectivity index (χ0v) is 55.4. The molecule has 0 aromatic heterocycles. The number of β-amino-alcohol motifs (C(OH)–C–C–N with tert-alkyl or cyclic N) is 1. The molecule has 0 aromatic rings. The summed E-state index contributed by atoms with van der Waals surface area (Å²) >= 11 is 0. The molecular weight excluding hydrogens is 967 g/mol. The maximum absolute atomic E-state index is 12.3. The molecule has 5 heterocycles. The van der Waals surface area contributed by atoms with Gasteiger partial charge in [0, 0.05) is 80.8 Å². The van der Waals surface area contributed by atoms with E-state index in [1.54, 1.807) is 0 Å². The second kappa shape index (κ2) is 25.9. The molecule has 5 saturated heterocycles. The third-order valence-electron chi connectivity index (χ3n) is 15.5. The Morgan fingerprint density at radius 1 is 0.377 bits per heavy atom. The fourth-order valence-corrected chi connectivity index (χ4v) is 11.0. The summed E-state index contributed by atoms with van der Waals surface area (Å²) in [4.78, 5) is 83.8. The first kappa shape index (κ1) is 72.8. The average molecular weight is 1090 g/mol. The number of hydrogen-bond acceptors (Lipinski definition) is 13. The lowest BCUT2D eigenvalue weighted by molar-refractivity contribution is -0.140. The van der Waals surface area contributed by atoms with Gasteiger partial charge in [0.25, 0.3) is 0 Å². The van der Waals surface area contributed by atoms with E-state index in [4.69, 9.17) is 0 Å². The van der Waals surface area contributed by atoms with Crippen LogP contribution < -0.4 is 0 Å². The number of ketones is 6. The van der Waals surface area contributed by atoms with Gasteiger partial charge in [0.1, 0.15) is 5.78 Å². The largest absolute Gasteiger partial charge is 0.392 e. The standard InChI is InChI=1S/C13H25NO2.C13H23NO2.C13H25NO2.C13H25NO.C12H23NO/c2*1-12(2,3)11(16)10-7-9(15)8-14(10)13(4,5)6;1-12(2,3)11(16)10-9(15)7-8-14(10)13(4,5)6;1-12(2,3)11(15)10-8-7-9-14(10)13(4,5)6;1-11(2,3)10(14)9-7-8-13(9)12(4,5)6/h9-10,15H,7-8H2,1-6H3;10H,7-8H2,1-6H3;9-10,15H,7-8H2,1-6H3;10H,7-9H2,1-6H3;9H,7-8H2,1-6H3. The van der Waals surface area contributed by atoms with Gasteiger partial charge in [-0.3, -0.25) is 53.3 Å². The highest BCUT2D eigenvalue weighted by atomic mass is 16.3. The van der Waals surface area contributed by atoms with Gasteiger partial charge < -0.3 is 10.2 Å². The molecule has 0 radical (unpaired) electrons. The molecule has 0 amide bonds. The Morgan fingerprint density at radius 2 is 0.701 bits per heavy atom. The zero-order valence-electron chi connectivity index (χ0n) is 55.4. The molecule has 450 valence electrons. The minimum atomic E-state index is -0.508. The molecule has 7 unspecified atom stereocenters. The lowest BCUT2D eigenvalue weighted by Crippen LogP contribution is -2.62. The van der Waals surface area contributed by atoms with Crippen LogP contribution in [0.2, 0.25) is 0 Å². The molecule has 0 saturated carbocycles. The second-order valence-corrected chi connectivity index (χ2v) is 33.2. The normalized spacial score (nSPS) is 26.0. The molecule has 0 bridgehead atoms. The number of carbonyl (C=O) groups excluding carboxylic acids is 6. The minimum absolute atomic E-state index is 0.0664. The van der Waals surface area contributed by atoms with E-state index in [1.807, 2.05) is 109 Å². The zero-order chi connectivity index (χ0) is 61.2. The molecule has 2 N–H and O–H groups in total. The molecule has 5 rings (SSSR count). The molecule has 0 spiro atoms. The van der Waals surface area contributed by atoms with Gasteiger partial charge in [-0.1, -0.05) is 104 Å². The lowest BCUT2D eigenvalue weighted by Gasteiger charge is -2.50. The number of rotatable bonds is 5. The van der Waals surface area contributed by atoms with Gasteiger partial charge in [-0.15, -0.1) is 0 Å². The summed E-state index contributed by atoms with van der Waals surface area (Å²) in [5.41, 5.74) is -1.53. The van der Waals surface area contributed by atoms with Gasteiger partial charge in [-0.2, -0.15) is 0 Å². The van der Waals surface area contributed by atoms with E-state index in [-0.39, 0.29) is 114 Å². The van der Waals surface area contributed by atoms with Crippen LogP contribution in [0.25, 0.3) is 0 Å². The third kappa shape index (κ3) is 21.2. The summed E-state index contributed by atoms with van der Waals surface area (Å²) in [5.74, 6) is 1.52. The van der Waals surface area contributed by atoms with Crippen LogP contribution in [0.5, 0.6) is 0 Å². The van der Waals surface area contributed by atoms with Gasteiger partial charge in [-0.05, 0) is 143 Å². The van der Waals surface area contributed by atoms with Crippen LogP contribution in [-0.4, -0.2) is 172 Å². The van der Waals surface area contributed by atoms with E-state index in [2.05, 4.69) is 123 Å². The Morgan fingerprint density at radius 3 is 1.04 bits per heavy atom. The molecule has 0 aliphatic carbocycles. The average Bonchev–Trinajstić information content (AvgIpc) is 4.00. The first-order valence-corrected chi connectivity index (χ1v) is 29.3. The summed E-state index contributed by atoms with van der Waals surface area (Å²) in [6.45, 7) is 65.2. The van der Waals surface area contributed by atoms with Crippen molar-refractivity contribution in [2.24, 2.45) is 27.1 Å². The highest BCUT2D eigenvalue weighted by Crippen LogP contribution is 2.36. The Hall–Kier alpha value is -2.26. The van der Waals surface area contributed by atoms with Crippen LogP contribution in [0.4, 0.5) is 0 Å². The van der Waals surface area contributed by atoms with E-state index in [9.17, 15) is 39.0 Å². The summed E-state index contributed by atoms with van der Waals surface area (Å²) in [5, 5.41) is 19.7. The van der Waals surface area contributed by atoms with Gasteiger partial charge in [0.2, 0.25) is 0 Å². The van der Waals surface area contributed by atoms with Crippen molar-refractivity contribution in [2.75, 3.05) is 32.7 Å². The predicted molar refractivity (Wildman–Crippen MR) is 318 cm³/mol. The van der Waals surface area contributed by atoms with Crippen LogP contribution in [0.15, 0.2) is 0 Å². The smallest absolute Gasteiger partial charge is 0.157 e. The molecule has 5 aliphatic rings. The number of nitrogens with zero attached hydrogens (tertiary/aromatic N) is 5. The number of aliphatic hydroxyl groups excluding tert-OH is 2. The molecular formula is C64H121N5O8. The second-order valence-electron chi connectivity index (χ2n) is 33.2. The van der Waals surface area contributed by atoms with Crippen LogP contribution in [0.1, 0.15) is 246 Å². The fourth-order valence-electron chi connectivity index (χ4n) is 11.0. The first-order chi connectivity index (χ1) is 33.9. The van der Waals surface area contributed by atoms with Gasteiger partial charge >= 0.3 is 0 Å². The summed E-state index contributed by atoms with van der Waals surface area (Å²) < 4.78 is 0. The van der Waals surface area contributed by atoms with Crippen molar-refractivity contribution >= 4 is 34.7 Å². The number of hydrogen-bond donors (Lipinski definition) is 2. The van der Waals surface area contributed by atoms with E-state index >= 15 is 0 Å². The summed E-state index contributed by atoms with van der Waals surface area (Å²) in [7, 11) is 0. The molecule has 5 aliphatic heterocycles. The SMILES string of the molecule is CC(C)(C)C(=O)C1C(O)CCN1C(C)(C)C.CC(C)(C)C(=O)C1CC(=O)CN1C(C)(C)C.CC(C)(C)C(=O)C1CC(O)CN1C(C)(C)C.CC(C)(C)C(=O)C1CCCN1C(C)(C)C.CC(C)(C)C(=O)C1CCN1C(C)(C)C. The van der Waals surface area contributed by atoms with E-state index in [0.29, 0.717) is 43.9 Å². The Bertz CT molecular complexity index is 1980. The van der Waals surface area contributed by atoms with Crippen molar-refractivity contribution in [3.8, 4) is 0 Å². The molecule has 7 atom stereocenters. The maximum Gasteiger partial charge on any atom is 0.157 e. The molecule has 13 nitrogen and oxygen atoms in total. The number of likely N-dealkylation sites (tertiary alicyclic amines) is 5. The number of aliphatic hydroxyl groups is 2. The van der Waals surface area contributed by atoms with E-state index < -0.39 is 6.10 Å². The molecule has 77 heavy (non-hydrogen) atoms. The highest BCUT2D eigenvalue weighted by molar-refractivity contribution is 5.97. The molecule has 0 aromatic carbocycles. The monoisotopic (exact) mass is 1090 g/mol. The third-order valence-corrected chi connectivity index (χ3v) is 15.5. The lowest BCUT2D eigenvalue weighted by atomic mass is 9.79. The number of Topliss-reactive ketones (excluding diaryl/α,β-unsaturated/α-hetero) is 6. The quantitative estimate of drug-likeness (QED) is 0.268.